The van der Waals surface area contributed by atoms with Gasteiger partial charge in [-0.15, -0.1) is 0 Å². The minimum absolute atomic E-state index is 0.119. The van der Waals surface area contributed by atoms with E-state index in [-0.39, 0.29) is 10.6 Å². The van der Waals surface area contributed by atoms with E-state index >= 15 is 0 Å². The molecule has 1 aliphatic rings. The van der Waals surface area contributed by atoms with Crippen LogP contribution in [0.4, 0.5) is 11.4 Å². The number of anilines is 1. The van der Waals surface area contributed by atoms with Crippen LogP contribution in [0.1, 0.15) is 36.5 Å². The molecule has 0 aliphatic carbocycles. The predicted octanol–water partition coefficient (Wildman–Crippen LogP) is 4.05. The van der Waals surface area contributed by atoms with E-state index in [0.29, 0.717) is 11.7 Å². The van der Waals surface area contributed by atoms with Gasteiger partial charge in [-0.3, -0.25) is 15.0 Å². The number of hydrogen-bond donors (Lipinski definition) is 1. The third kappa shape index (κ3) is 4.39. The van der Waals surface area contributed by atoms with Gasteiger partial charge >= 0.3 is 0 Å². The van der Waals surface area contributed by atoms with Crippen molar-refractivity contribution in [1.82, 2.24) is 4.90 Å². The number of aromatic hydroxyl groups is 1. The Hall–Kier alpha value is -2.60. The summed E-state index contributed by atoms with van der Waals surface area (Å²) in [6.07, 6.45) is 0. The molecule has 1 N–H and O–H groups in total. The van der Waals surface area contributed by atoms with E-state index in [2.05, 4.69) is 29.7 Å². The van der Waals surface area contributed by atoms with Crippen LogP contribution in [-0.2, 0) is 6.54 Å². The van der Waals surface area contributed by atoms with Crippen LogP contribution < -0.4 is 4.90 Å². The van der Waals surface area contributed by atoms with E-state index in [1.807, 2.05) is 25.1 Å². The standard InChI is InChI=1S/C21H27N3O3/c1-15(2)20-13-17(21(25)12-16(20)3)14-22-8-10-23(11-9-22)18-4-6-19(7-5-18)24(26)27/h4-7,12-13,15,25H,8-11,14H2,1-3H3. The van der Waals surface area contributed by atoms with Crippen LogP contribution in [0.2, 0.25) is 0 Å². The Morgan fingerprint density at radius 3 is 2.30 bits per heavy atom. The summed E-state index contributed by atoms with van der Waals surface area (Å²) in [6.45, 7) is 10.6. The number of nitro groups is 1. The molecule has 3 rings (SSSR count). The number of phenolic OH excluding ortho intramolecular Hbond substituents is 1. The minimum Gasteiger partial charge on any atom is -0.508 e. The molecule has 1 heterocycles. The van der Waals surface area contributed by atoms with Crippen LogP contribution in [0, 0.1) is 17.0 Å². The van der Waals surface area contributed by atoms with Gasteiger partial charge in [-0.1, -0.05) is 19.9 Å². The summed E-state index contributed by atoms with van der Waals surface area (Å²) in [6, 6.07) is 10.7. The second kappa shape index (κ2) is 7.96. The number of aryl methyl sites for hydroxylation is 1. The van der Waals surface area contributed by atoms with Gasteiger partial charge in [0.15, 0.2) is 0 Å². The molecular formula is C21H27N3O3. The summed E-state index contributed by atoms with van der Waals surface area (Å²) in [7, 11) is 0. The third-order valence-corrected chi connectivity index (χ3v) is 5.28. The molecule has 2 aromatic rings. The van der Waals surface area contributed by atoms with Crippen molar-refractivity contribution in [2.24, 2.45) is 0 Å². The first-order chi connectivity index (χ1) is 12.8. The van der Waals surface area contributed by atoms with Crippen molar-refractivity contribution in [3.63, 3.8) is 0 Å². The molecule has 144 valence electrons. The van der Waals surface area contributed by atoms with Gasteiger partial charge in [-0.25, -0.2) is 0 Å². The molecule has 0 bridgehead atoms. The maximum absolute atomic E-state index is 10.8. The highest BCUT2D eigenvalue weighted by molar-refractivity contribution is 5.51. The summed E-state index contributed by atoms with van der Waals surface area (Å²) in [5.74, 6) is 0.804. The van der Waals surface area contributed by atoms with Crippen molar-refractivity contribution < 1.29 is 10.0 Å². The number of non-ortho nitro benzene ring substituents is 1. The fraction of sp³-hybridized carbons (Fsp3) is 0.429. The van der Waals surface area contributed by atoms with Crippen molar-refractivity contribution in [2.45, 2.75) is 33.2 Å². The first-order valence-corrected chi connectivity index (χ1v) is 9.39. The zero-order valence-corrected chi connectivity index (χ0v) is 16.2. The predicted molar refractivity (Wildman–Crippen MR) is 108 cm³/mol. The fourth-order valence-electron chi connectivity index (χ4n) is 3.70. The molecule has 1 saturated heterocycles. The number of hydrogen-bond acceptors (Lipinski definition) is 5. The van der Waals surface area contributed by atoms with Crippen LogP contribution in [0.15, 0.2) is 36.4 Å². The molecule has 27 heavy (non-hydrogen) atoms. The first kappa shape index (κ1) is 19.2. The molecule has 1 fully saturated rings. The molecule has 0 saturated carbocycles. The number of phenols is 1. The minimum atomic E-state index is -0.374. The van der Waals surface area contributed by atoms with E-state index < -0.39 is 0 Å². The Kier molecular flexibility index (Phi) is 5.65. The smallest absolute Gasteiger partial charge is 0.269 e. The number of nitro benzene ring substituents is 1. The molecular weight excluding hydrogens is 342 g/mol. The summed E-state index contributed by atoms with van der Waals surface area (Å²) < 4.78 is 0. The van der Waals surface area contributed by atoms with Crippen molar-refractivity contribution in [1.29, 1.82) is 0 Å². The van der Waals surface area contributed by atoms with Gasteiger partial charge in [0.05, 0.1) is 4.92 Å². The summed E-state index contributed by atoms with van der Waals surface area (Å²) in [5, 5.41) is 21.1. The molecule has 2 aromatic carbocycles. The Morgan fingerprint density at radius 1 is 1.11 bits per heavy atom. The van der Waals surface area contributed by atoms with Gasteiger partial charge < -0.3 is 10.0 Å². The summed E-state index contributed by atoms with van der Waals surface area (Å²) >= 11 is 0. The van der Waals surface area contributed by atoms with Gasteiger partial charge in [-0.2, -0.15) is 0 Å². The SMILES string of the molecule is Cc1cc(O)c(CN2CCN(c3ccc([N+](=O)[O-])cc3)CC2)cc1C(C)C. The molecule has 0 unspecified atom stereocenters. The zero-order valence-electron chi connectivity index (χ0n) is 16.2. The second-order valence-corrected chi connectivity index (χ2v) is 7.53. The Morgan fingerprint density at radius 2 is 1.74 bits per heavy atom. The highest BCUT2D eigenvalue weighted by Crippen LogP contribution is 2.29. The molecule has 6 heteroatoms. The van der Waals surface area contributed by atoms with Crippen molar-refractivity contribution in [3.8, 4) is 5.75 Å². The normalized spacial score (nSPS) is 15.3. The molecule has 1 aliphatic heterocycles. The van der Waals surface area contributed by atoms with E-state index in [0.717, 1.165) is 49.5 Å². The Bertz CT molecular complexity index is 810. The van der Waals surface area contributed by atoms with E-state index in [1.54, 1.807) is 12.1 Å². The monoisotopic (exact) mass is 369 g/mol. The molecule has 0 spiro atoms. The van der Waals surface area contributed by atoms with Gasteiger partial charge in [-0.05, 0) is 42.2 Å². The number of rotatable bonds is 5. The Labute approximate surface area is 160 Å². The first-order valence-electron chi connectivity index (χ1n) is 9.39. The van der Waals surface area contributed by atoms with Crippen LogP contribution in [0.3, 0.4) is 0 Å². The molecule has 0 amide bonds. The van der Waals surface area contributed by atoms with Crippen molar-refractivity contribution in [2.75, 3.05) is 31.1 Å². The highest BCUT2D eigenvalue weighted by atomic mass is 16.6. The maximum Gasteiger partial charge on any atom is 0.269 e. The fourth-order valence-corrected chi connectivity index (χ4v) is 3.70. The lowest BCUT2D eigenvalue weighted by atomic mass is 9.95. The van der Waals surface area contributed by atoms with Crippen LogP contribution in [0.25, 0.3) is 0 Å². The van der Waals surface area contributed by atoms with E-state index in [9.17, 15) is 15.2 Å². The van der Waals surface area contributed by atoms with Crippen LogP contribution in [-0.4, -0.2) is 41.1 Å². The number of benzene rings is 2. The molecule has 0 radical (unpaired) electrons. The van der Waals surface area contributed by atoms with Gasteiger partial charge in [0.2, 0.25) is 0 Å². The van der Waals surface area contributed by atoms with Gasteiger partial charge in [0.1, 0.15) is 5.75 Å². The van der Waals surface area contributed by atoms with Crippen molar-refractivity contribution in [3.05, 3.63) is 63.2 Å². The van der Waals surface area contributed by atoms with Crippen LogP contribution in [0.5, 0.6) is 5.75 Å². The number of nitrogens with zero attached hydrogens (tertiary/aromatic N) is 3. The molecule has 0 atom stereocenters. The quantitative estimate of drug-likeness (QED) is 0.636. The van der Waals surface area contributed by atoms with Gasteiger partial charge in [0.25, 0.3) is 5.69 Å². The van der Waals surface area contributed by atoms with E-state index in [4.69, 9.17) is 0 Å². The maximum atomic E-state index is 10.8. The van der Waals surface area contributed by atoms with Gasteiger partial charge in [0, 0.05) is 56.1 Å². The topological polar surface area (TPSA) is 69.8 Å². The Balaban J connectivity index is 1.63. The van der Waals surface area contributed by atoms with Crippen molar-refractivity contribution >= 4 is 11.4 Å². The third-order valence-electron chi connectivity index (χ3n) is 5.28. The summed E-state index contributed by atoms with van der Waals surface area (Å²) in [5.41, 5.74) is 4.53. The molecule has 6 nitrogen and oxygen atoms in total. The largest absolute Gasteiger partial charge is 0.508 e. The lowest BCUT2D eigenvalue weighted by Gasteiger charge is -2.36. The lowest BCUT2D eigenvalue weighted by Crippen LogP contribution is -2.46. The average molecular weight is 369 g/mol. The van der Waals surface area contributed by atoms with Crippen LogP contribution >= 0.6 is 0 Å². The highest BCUT2D eigenvalue weighted by Gasteiger charge is 2.20. The molecule has 0 aromatic heterocycles. The summed E-state index contributed by atoms with van der Waals surface area (Å²) in [4.78, 5) is 15.0. The zero-order chi connectivity index (χ0) is 19.6. The lowest BCUT2D eigenvalue weighted by molar-refractivity contribution is -0.384. The number of piperazine rings is 1. The van der Waals surface area contributed by atoms with E-state index in [1.165, 1.54) is 5.56 Å². The average Bonchev–Trinajstić information content (AvgIpc) is 2.64. The second-order valence-electron chi connectivity index (χ2n) is 7.53.